The molecule has 0 aromatic carbocycles. The lowest BCUT2D eigenvalue weighted by Crippen LogP contribution is -2.01. The minimum absolute atomic E-state index is 0.0660. The van der Waals surface area contributed by atoms with Gasteiger partial charge in [0.25, 0.3) is 0 Å². The van der Waals surface area contributed by atoms with Crippen molar-refractivity contribution < 1.29 is 20.0 Å². The maximum atomic E-state index is 8.28. The van der Waals surface area contributed by atoms with Crippen LogP contribution in [0.2, 0.25) is 0 Å². The zero-order valence-corrected chi connectivity index (χ0v) is 5.95. The van der Waals surface area contributed by atoms with Crippen molar-refractivity contribution in [3.63, 3.8) is 0 Å². The summed E-state index contributed by atoms with van der Waals surface area (Å²) in [4.78, 5) is 3.84. The van der Waals surface area contributed by atoms with Gasteiger partial charge in [-0.2, -0.15) is 0 Å². The van der Waals surface area contributed by atoms with Crippen LogP contribution in [0.1, 0.15) is 12.8 Å². The monoisotopic (exact) mass is 150 g/mol. The normalized spacial score (nSPS) is 10.2. The first-order chi connectivity index (χ1) is 4.91. The van der Waals surface area contributed by atoms with E-state index in [1.54, 1.807) is 0 Å². The van der Waals surface area contributed by atoms with Crippen LogP contribution in [-0.2, 0) is 9.62 Å². The minimum atomic E-state index is 0.0660. The smallest absolute Gasteiger partial charge is 0.0820 e. The summed E-state index contributed by atoms with van der Waals surface area (Å²) >= 11 is 0. The highest BCUT2D eigenvalue weighted by Crippen LogP contribution is 1.89. The molecule has 62 valence electrons. The molecule has 0 radical (unpaired) electrons. The number of hydrogen-bond acceptors (Lipinski definition) is 4. The van der Waals surface area contributed by atoms with Gasteiger partial charge < -0.3 is 9.84 Å². The summed E-state index contributed by atoms with van der Waals surface area (Å²) in [7, 11) is 0. The van der Waals surface area contributed by atoms with Gasteiger partial charge in [0.05, 0.1) is 19.8 Å². The number of aliphatic hydroxyl groups excluding tert-OH is 1. The number of aliphatic hydroxyl groups is 1. The Labute approximate surface area is 60.3 Å². The van der Waals surface area contributed by atoms with Gasteiger partial charge in [-0.3, -0.25) is 5.26 Å². The van der Waals surface area contributed by atoms with E-state index in [1.165, 1.54) is 0 Å². The van der Waals surface area contributed by atoms with Crippen LogP contribution in [0.5, 0.6) is 0 Å². The molecule has 0 saturated carbocycles. The third-order valence-corrected chi connectivity index (χ3v) is 1.01. The first-order valence-corrected chi connectivity index (χ1v) is 3.36. The minimum Gasteiger partial charge on any atom is -0.394 e. The van der Waals surface area contributed by atoms with Gasteiger partial charge in [-0.1, -0.05) is 0 Å². The first kappa shape index (κ1) is 9.84. The Morgan fingerprint density at radius 1 is 1.00 bits per heavy atom. The fourth-order valence-corrected chi connectivity index (χ4v) is 0.537. The second-order valence-electron chi connectivity index (χ2n) is 1.88. The van der Waals surface area contributed by atoms with Crippen molar-refractivity contribution in [3.05, 3.63) is 0 Å². The van der Waals surface area contributed by atoms with E-state index in [4.69, 9.17) is 15.1 Å². The SMILES string of the molecule is OCCOCCCCOO. The molecule has 0 saturated heterocycles. The van der Waals surface area contributed by atoms with Crippen LogP contribution in [0, 0.1) is 0 Å². The predicted octanol–water partition coefficient (Wildman–Crippen LogP) is 0.265. The molecule has 0 fully saturated rings. The van der Waals surface area contributed by atoms with Gasteiger partial charge in [-0.15, -0.1) is 0 Å². The maximum absolute atomic E-state index is 8.28. The van der Waals surface area contributed by atoms with Crippen LogP contribution in [-0.4, -0.2) is 36.8 Å². The fraction of sp³-hybridized carbons (Fsp3) is 1.00. The molecule has 0 atom stereocenters. The molecule has 4 heteroatoms. The Hall–Kier alpha value is -0.160. The molecule has 0 aromatic heterocycles. The number of ether oxygens (including phenoxy) is 1. The van der Waals surface area contributed by atoms with Crippen LogP contribution >= 0.6 is 0 Å². The quantitative estimate of drug-likeness (QED) is 0.310. The van der Waals surface area contributed by atoms with Gasteiger partial charge >= 0.3 is 0 Å². The molecule has 0 unspecified atom stereocenters. The average molecular weight is 150 g/mol. The van der Waals surface area contributed by atoms with Crippen LogP contribution in [0.3, 0.4) is 0 Å². The van der Waals surface area contributed by atoms with Crippen molar-refractivity contribution in [2.24, 2.45) is 0 Å². The van der Waals surface area contributed by atoms with E-state index in [9.17, 15) is 0 Å². The lowest BCUT2D eigenvalue weighted by molar-refractivity contribution is -0.243. The Balaban J connectivity index is 2.65. The second kappa shape index (κ2) is 8.84. The number of hydrogen-bond donors (Lipinski definition) is 2. The summed E-state index contributed by atoms with van der Waals surface area (Å²) in [5.74, 6) is 0. The van der Waals surface area contributed by atoms with Crippen LogP contribution in [0.25, 0.3) is 0 Å². The largest absolute Gasteiger partial charge is 0.394 e. The predicted molar refractivity (Wildman–Crippen MR) is 35.7 cm³/mol. The third-order valence-electron chi connectivity index (χ3n) is 1.01. The third kappa shape index (κ3) is 7.84. The Morgan fingerprint density at radius 2 is 1.70 bits per heavy atom. The number of unbranched alkanes of at least 4 members (excludes halogenated alkanes) is 1. The molecule has 0 aliphatic rings. The van der Waals surface area contributed by atoms with E-state index in [0.29, 0.717) is 19.8 Å². The highest BCUT2D eigenvalue weighted by molar-refractivity contribution is 4.35. The summed E-state index contributed by atoms with van der Waals surface area (Å²) in [5, 5.41) is 16.2. The van der Waals surface area contributed by atoms with Gasteiger partial charge in [-0.25, -0.2) is 4.89 Å². The molecule has 4 nitrogen and oxygen atoms in total. The lowest BCUT2D eigenvalue weighted by Gasteiger charge is -1.99. The molecule has 0 spiro atoms. The molecule has 0 bridgehead atoms. The average Bonchev–Trinajstić information content (AvgIpc) is 1.97. The van der Waals surface area contributed by atoms with Crippen molar-refractivity contribution in [1.82, 2.24) is 0 Å². The van der Waals surface area contributed by atoms with Gasteiger partial charge in [0.1, 0.15) is 0 Å². The Kier molecular flexibility index (Phi) is 8.70. The van der Waals surface area contributed by atoms with Gasteiger partial charge in [0, 0.05) is 6.61 Å². The second-order valence-corrected chi connectivity index (χ2v) is 1.88. The van der Waals surface area contributed by atoms with Crippen molar-refractivity contribution >= 4 is 0 Å². The molecule has 0 rings (SSSR count). The van der Waals surface area contributed by atoms with E-state index in [1.807, 2.05) is 0 Å². The summed E-state index contributed by atoms with van der Waals surface area (Å²) in [6, 6.07) is 0. The highest BCUT2D eigenvalue weighted by Gasteiger charge is 1.88. The molecule has 10 heavy (non-hydrogen) atoms. The topological polar surface area (TPSA) is 58.9 Å². The zero-order valence-electron chi connectivity index (χ0n) is 5.95. The van der Waals surface area contributed by atoms with E-state index in [-0.39, 0.29) is 6.61 Å². The summed E-state index contributed by atoms with van der Waals surface area (Å²) in [6.07, 6.45) is 1.63. The van der Waals surface area contributed by atoms with Crippen molar-refractivity contribution in [3.8, 4) is 0 Å². The summed E-state index contributed by atoms with van der Waals surface area (Å²) in [6.45, 7) is 1.42. The summed E-state index contributed by atoms with van der Waals surface area (Å²) in [5.41, 5.74) is 0. The molecule has 0 aliphatic heterocycles. The van der Waals surface area contributed by atoms with E-state index < -0.39 is 0 Å². The van der Waals surface area contributed by atoms with Crippen molar-refractivity contribution in [2.45, 2.75) is 12.8 Å². The standard InChI is InChI=1S/C6H14O4/c7-3-6-9-4-1-2-5-10-8/h7-8H,1-6H2. The van der Waals surface area contributed by atoms with Crippen LogP contribution in [0.15, 0.2) is 0 Å². The van der Waals surface area contributed by atoms with Crippen LogP contribution < -0.4 is 0 Å². The van der Waals surface area contributed by atoms with Gasteiger partial charge in [-0.05, 0) is 12.8 Å². The molecule has 0 heterocycles. The van der Waals surface area contributed by atoms with E-state index in [0.717, 1.165) is 12.8 Å². The number of rotatable bonds is 7. The van der Waals surface area contributed by atoms with Gasteiger partial charge in [0.2, 0.25) is 0 Å². The molecule has 0 amide bonds. The van der Waals surface area contributed by atoms with Gasteiger partial charge in [0.15, 0.2) is 0 Å². The molecule has 0 aromatic rings. The lowest BCUT2D eigenvalue weighted by atomic mass is 10.3. The van der Waals surface area contributed by atoms with Crippen molar-refractivity contribution in [1.29, 1.82) is 0 Å². The molecular weight excluding hydrogens is 136 g/mol. The maximum Gasteiger partial charge on any atom is 0.0820 e. The highest BCUT2D eigenvalue weighted by atomic mass is 17.1. The van der Waals surface area contributed by atoms with Crippen LogP contribution in [0.4, 0.5) is 0 Å². The molecule has 0 aliphatic carbocycles. The van der Waals surface area contributed by atoms with E-state index >= 15 is 0 Å². The Bertz CT molecular complexity index is 49.7. The van der Waals surface area contributed by atoms with Crippen molar-refractivity contribution in [2.75, 3.05) is 26.4 Å². The molecule has 2 N–H and O–H groups in total. The fourth-order valence-electron chi connectivity index (χ4n) is 0.537. The molecular formula is C6H14O4. The Morgan fingerprint density at radius 3 is 2.30 bits per heavy atom. The first-order valence-electron chi connectivity index (χ1n) is 3.36. The zero-order chi connectivity index (χ0) is 7.66. The van der Waals surface area contributed by atoms with E-state index in [2.05, 4.69) is 4.89 Å². The summed E-state index contributed by atoms with van der Waals surface area (Å²) < 4.78 is 4.94.